The van der Waals surface area contributed by atoms with Crippen molar-refractivity contribution in [3.05, 3.63) is 33.4 Å². The van der Waals surface area contributed by atoms with Crippen LogP contribution >= 0.6 is 22.9 Å². The van der Waals surface area contributed by atoms with E-state index in [0.717, 1.165) is 6.07 Å². The topological polar surface area (TPSA) is 43.1 Å². The van der Waals surface area contributed by atoms with Gasteiger partial charge in [-0.05, 0) is 12.1 Å². The number of hydrogen-bond donors (Lipinski definition) is 1. The number of amides is 1. The van der Waals surface area contributed by atoms with Gasteiger partial charge in [0.05, 0.1) is 9.72 Å². The van der Waals surface area contributed by atoms with Crippen LogP contribution < -0.4 is 5.73 Å². The number of alkyl halides is 3. The molecule has 2 aromatic rings. The second-order valence-corrected chi connectivity index (χ2v) is 4.80. The van der Waals surface area contributed by atoms with Crippen molar-refractivity contribution < 1.29 is 22.4 Å². The minimum atomic E-state index is -4.87. The van der Waals surface area contributed by atoms with Crippen molar-refractivity contribution in [3.63, 3.8) is 0 Å². The van der Waals surface area contributed by atoms with E-state index in [-0.39, 0.29) is 15.3 Å². The highest BCUT2D eigenvalue weighted by Gasteiger charge is 2.37. The fraction of sp³-hybridized carbons (Fsp3) is 0.100. The van der Waals surface area contributed by atoms with Crippen LogP contribution in [-0.4, -0.2) is 5.91 Å². The van der Waals surface area contributed by atoms with Gasteiger partial charge in [0.1, 0.15) is 16.3 Å². The van der Waals surface area contributed by atoms with Crippen LogP contribution in [0.1, 0.15) is 15.2 Å². The van der Waals surface area contributed by atoms with Crippen LogP contribution in [0.3, 0.4) is 0 Å². The molecule has 0 bridgehead atoms. The van der Waals surface area contributed by atoms with Gasteiger partial charge >= 0.3 is 6.18 Å². The minimum Gasteiger partial charge on any atom is -0.365 e. The normalized spacial score (nSPS) is 12.1. The average molecular weight is 298 g/mol. The van der Waals surface area contributed by atoms with Gasteiger partial charge in [0.25, 0.3) is 5.91 Å². The number of carbonyl (C=O) groups is 1. The maximum atomic E-state index is 13.3. The van der Waals surface area contributed by atoms with Crippen LogP contribution in [0.15, 0.2) is 12.1 Å². The molecule has 0 unspecified atom stereocenters. The first-order valence-electron chi connectivity index (χ1n) is 4.51. The number of hydrogen-bond acceptors (Lipinski definition) is 2. The van der Waals surface area contributed by atoms with Crippen molar-refractivity contribution in [2.45, 2.75) is 6.18 Å². The maximum Gasteiger partial charge on any atom is 0.420 e. The lowest BCUT2D eigenvalue weighted by Gasteiger charge is -2.08. The molecule has 1 amide bonds. The van der Waals surface area contributed by atoms with Gasteiger partial charge in [0, 0.05) is 5.39 Å². The zero-order valence-electron chi connectivity index (χ0n) is 8.44. The largest absolute Gasteiger partial charge is 0.420 e. The summed E-state index contributed by atoms with van der Waals surface area (Å²) in [5.41, 5.74) is 3.56. The van der Waals surface area contributed by atoms with Crippen LogP contribution in [0.2, 0.25) is 5.02 Å². The van der Waals surface area contributed by atoms with E-state index in [1.807, 2.05) is 0 Å². The molecule has 0 aliphatic rings. The fourth-order valence-electron chi connectivity index (χ4n) is 1.53. The van der Waals surface area contributed by atoms with Gasteiger partial charge in [-0.25, -0.2) is 4.39 Å². The van der Waals surface area contributed by atoms with Gasteiger partial charge in [0.2, 0.25) is 0 Å². The lowest BCUT2D eigenvalue weighted by atomic mass is 10.1. The van der Waals surface area contributed by atoms with Crippen molar-refractivity contribution in [1.29, 1.82) is 0 Å². The predicted molar refractivity (Wildman–Crippen MR) is 60.3 cm³/mol. The van der Waals surface area contributed by atoms with Crippen molar-refractivity contribution in [1.82, 2.24) is 0 Å². The SMILES string of the molecule is NC(=O)c1sc2c(C(F)(F)F)c(F)ccc2c1Cl. The maximum absolute atomic E-state index is 13.3. The average Bonchev–Trinajstić information content (AvgIpc) is 2.53. The van der Waals surface area contributed by atoms with E-state index in [4.69, 9.17) is 17.3 Å². The van der Waals surface area contributed by atoms with Crippen molar-refractivity contribution in [2.24, 2.45) is 5.73 Å². The van der Waals surface area contributed by atoms with Crippen molar-refractivity contribution in [3.8, 4) is 0 Å². The number of carbonyl (C=O) groups excluding carboxylic acids is 1. The summed E-state index contributed by atoms with van der Waals surface area (Å²) in [7, 11) is 0. The van der Waals surface area contributed by atoms with E-state index in [1.165, 1.54) is 0 Å². The summed E-state index contributed by atoms with van der Waals surface area (Å²) in [6.07, 6.45) is -4.87. The Labute approximate surface area is 107 Å². The summed E-state index contributed by atoms with van der Waals surface area (Å²) in [5, 5.41) is -0.225. The number of fused-ring (bicyclic) bond motifs is 1. The molecule has 1 aromatic heterocycles. The highest BCUT2D eigenvalue weighted by molar-refractivity contribution is 7.21. The fourth-order valence-corrected chi connectivity index (χ4v) is 3.05. The molecule has 0 aliphatic carbocycles. The van der Waals surface area contributed by atoms with E-state index in [0.29, 0.717) is 17.4 Å². The van der Waals surface area contributed by atoms with Crippen molar-refractivity contribution >= 4 is 38.9 Å². The second-order valence-electron chi connectivity index (χ2n) is 3.41. The molecule has 18 heavy (non-hydrogen) atoms. The Morgan fingerprint density at radius 2 is 1.94 bits per heavy atom. The van der Waals surface area contributed by atoms with Gasteiger partial charge in [-0.15, -0.1) is 11.3 Å². The Hall–Kier alpha value is -1.34. The van der Waals surface area contributed by atoms with E-state index >= 15 is 0 Å². The van der Waals surface area contributed by atoms with Gasteiger partial charge in [-0.1, -0.05) is 11.6 Å². The molecule has 0 aliphatic heterocycles. The van der Waals surface area contributed by atoms with Crippen LogP contribution in [0.4, 0.5) is 17.6 Å². The third-order valence-electron chi connectivity index (χ3n) is 2.25. The van der Waals surface area contributed by atoms with E-state index in [1.54, 1.807) is 0 Å². The third-order valence-corrected chi connectivity index (χ3v) is 4.00. The smallest absolute Gasteiger partial charge is 0.365 e. The second kappa shape index (κ2) is 4.10. The molecular weight excluding hydrogens is 294 g/mol. The number of primary amides is 1. The molecule has 0 atom stereocenters. The molecule has 1 heterocycles. The first kappa shape index (κ1) is 13.1. The molecule has 2 rings (SSSR count). The number of thiophene rings is 1. The lowest BCUT2D eigenvalue weighted by molar-refractivity contribution is -0.138. The Balaban J connectivity index is 2.90. The van der Waals surface area contributed by atoms with E-state index in [2.05, 4.69) is 0 Å². The van der Waals surface area contributed by atoms with E-state index < -0.39 is 28.2 Å². The molecular formula is C10H4ClF4NOS. The first-order chi connectivity index (χ1) is 8.23. The Bertz CT molecular complexity index is 649. The Kier molecular flexibility index (Phi) is 2.98. The summed E-state index contributed by atoms with van der Waals surface area (Å²) >= 11 is 6.18. The minimum absolute atomic E-state index is 0.0378. The van der Waals surface area contributed by atoms with Gasteiger partial charge in [-0.2, -0.15) is 13.2 Å². The third kappa shape index (κ3) is 1.93. The van der Waals surface area contributed by atoms with Crippen LogP contribution in [0.25, 0.3) is 10.1 Å². The molecule has 0 fully saturated rings. The van der Waals surface area contributed by atoms with Gasteiger partial charge in [0.15, 0.2) is 0 Å². The highest BCUT2D eigenvalue weighted by Crippen LogP contribution is 2.43. The molecule has 0 saturated carbocycles. The molecule has 0 spiro atoms. The summed E-state index contributed by atoms with van der Waals surface area (Å²) in [6, 6.07) is 1.75. The van der Waals surface area contributed by atoms with Crippen LogP contribution in [0.5, 0.6) is 0 Å². The summed E-state index contributed by atoms with van der Waals surface area (Å²) in [6.45, 7) is 0. The van der Waals surface area contributed by atoms with Crippen LogP contribution in [-0.2, 0) is 6.18 Å². The zero-order chi connectivity index (χ0) is 13.7. The molecule has 0 saturated heterocycles. The van der Waals surface area contributed by atoms with Gasteiger partial charge < -0.3 is 5.73 Å². The number of rotatable bonds is 1. The monoisotopic (exact) mass is 297 g/mol. The highest BCUT2D eigenvalue weighted by atomic mass is 35.5. The summed E-state index contributed by atoms with van der Waals surface area (Å²) < 4.78 is 51.0. The number of benzene rings is 1. The molecule has 2 nitrogen and oxygen atoms in total. The first-order valence-corrected chi connectivity index (χ1v) is 5.70. The quantitative estimate of drug-likeness (QED) is 0.799. The zero-order valence-corrected chi connectivity index (χ0v) is 10.0. The van der Waals surface area contributed by atoms with Crippen molar-refractivity contribution in [2.75, 3.05) is 0 Å². The summed E-state index contributed by atoms with van der Waals surface area (Å²) in [4.78, 5) is 10.8. The molecule has 1 aromatic carbocycles. The molecule has 0 radical (unpaired) electrons. The molecule has 8 heteroatoms. The lowest BCUT2D eigenvalue weighted by Crippen LogP contribution is -2.09. The molecule has 96 valence electrons. The Morgan fingerprint density at radius 1 is 1.33 bits per heavy atom. The van der Waals surface area contributed by atoms with Gasteiger partial charge in [-0.3, -0.25) is 4.79 Å². The van der Waals surface area contributed by atoms with E-state index in [9.17, 15) is 22.4 Å². The number of nitrogens with two attached hydrogens (primary N) is 1. The summed E-state index contributed by atoms with van der Waals surface area (Å²) in [5.74, 6) is -2.36. The predicted octanol–water partition coefficient (Wildman–Crippen LogP) is 3.81. The molecule has 2 N–H and O–H groups in total. The van der Waals surface area contributed by atoms with Crippen LogP contribution in [0, 0.1) is 5.82 Å². The standard InChI is InChI=1S/C10H4ClF4NOS/c11-6-3-1-2-4(12)5(10(13,14)15)7(3)18-8(6)9(16)17/h1-2H,(H2,16,17). The number of halogens is 5. The Morgan fingerprint density at radius 3 is 2.44 bits per heavy atom.